The number of hydrogen-bond donors (Lipinski definition) is 1. The molecule has 1 N–H and O–H groups in total. The normalized spacial score (nSPS) is 18.4. The van der Waals surface area contributed by atoms with Gasteiger partial charge in [-0.2, -0.15) is 0 Å². The van der Waals surface area contributed by atoms with Gasteiger partial charge in [0.25, 0.3) is 0 Å². The van der Waals surface area contributed by atoms with Crippen LogP contribution in [0.25, 0.3) is 0 Å². The van der Waals surface area contributed by atoms with E-state index in [2.05, 4.69) is 5.32 Å². The molecule has 0 spiro atoms. The van der Waals surface area contributed by atoms with E-state index in [-0.39, 0.29) is 0 Å². The number of carbonyl (C=O) groups excluding carboxylic acids is 1. The molecule has 0 aromatic heterocycles. The topological polar surface area (TPSA) is 47.6 Å². The van der Waals surface area contributed by atoms with Crippen molar-refractivity contribution in [3.8, 4) is 0 Å². The van der Waals surface area contributed by atoms with Gasteiger partial charge in [0.15, 0.2) is 0 Å². The molecule has 0 bridgehead atoms. The monoisotopic (exact) mass is 227 g/mol. The summed E-state index contributed by atoms with van der Waals surface area (Å²) in [6.45, 7) is 0.372. The molecule has 1 aliphatic rings. The van der Waals surface area contributed by atoms with Gasteiger partial charge in [-0.05, 0) is 6.07 Å². The first kappa shape index (κ1) is 10.3. The average Bonchev–Trinajstić information content (AvgIpc) is 2.63. The quantitative estimate of drug-likeness (QED) is 0.800. The summed E-state index contributed by atoms with van der Waals surface area (Å²) >= 11 is 5.97. The van der Waals surface area contributed by atoms with Gasteiger partial charge in [0.2, 0.25) is 6.29 Å². The summed E-state index contributed by atoms with van der Waals surface area (Å²) in [7, 11) is 1.50. The molecule has 1 aliphatic heterocycles. The Morgan fingerprint density at radius 2 is 2.47 bits per heavy atom. The van der Waals surface area contributed by atoms with Gasteiger partial charge in [-0.1, -0.05) is 23.7 Å². The number of halogens is 1. The Balaban J connectivity index is 2.21. The van der Waals surface area contributed by atoms with Crippen molar-refractivity contribution in [1.82, 2.24) is 5.32 Å². The number of ether oxygens (including phenoxy) is 2. The molecule has 80 valence electrons. The standard InChI is InChI=1S/C10H10ClNO3/c1-12-10(13)15-9-6-3-2-4-8(11)7(6)5-14-9/h2-4,9H,5H2,1H3,(H,12,13). The van der Waals surface area contributed by atoms with Crippen LogP contribution in [0.4, 0.5) is 4.79 Å². The zero-order valence-electron chi connectivity index (χ0n) is 8.12. The van der Waals surface area contributed by atoms with Crippen LogP contribution < -0.4 is 5.32 Å². The van der Waals surface area contributed by atoms with E-state index in [9.17, 15) is 4.79 Å². The first-order valence-electron chi connectivity index (χ1n) is 4.49. The number of hydrogen-bond acceptors (Lipinski definition) is 3. The van der Waals surface area contributed by atoms with E-state index in [1.54, 1.807) is 12.1 Å². The van der Waals surface area contributed by atoms with Crippen LogP contribution in [0, 0.1) is 0 Å². The summed E-state index contributed by atoms with van der Waals surface area (Å²) in [5, 5.41) is 3.00. The predicted octanol–water partition coefficient (Wildman–Crippen LogP) is 2.22. The Morgan fingerprint density at radius 1 is 1.67 bits per heavy atom. The third-order valence-corrected chi connectivity index (χ3v) is 2.56. The van der Waals surface area contributed by atoms with Crippen molar-refractivity contribution in [3.63, 3.8) is 0 Å². The summed E-state index contributed by atoms with van der Waals surface area (Å²) in [5.74, 6) is 0. The minimum Gasteiger partial charge on any atom is -0.415 e. The lowest BCUT2D eigenvalue weighted by Crippen LogP contribution is -2.21. The van der Waals surface area contributed by atoms with Crippen molar-refractivity contribution in [3.05, 3.63) is 34.3 Å². The lowest BCUT2D eigenvalue weighted by molar-refractivity contribution is -0.0971. The van der Waals surface area contributed by atoms with Gasteiger partial charge in [0.05, 0.1) is 6.61 Å². The Bertz CT molecular complexity index is 394. The van der Waals surface area contributed by atoms with Crippen molar-refractivity contribution in [2.75, 3.05) is 7.05 Å². The number of alkyl carbamates (subject to hydrolysis) is 1. The predicted molar refractivity (Wildman–Crippen MR) is 54.5 cm³/mol. The van der Waals surface area contributed by atoms with E-state index in [1.165, 1.54) is 7.05 Å². The van der Waals surface area contributed by atoms with Crippen LogP contribution in [0.5, 0.6) is 0 Å². The number of amides is 1. The van der Waals surface area contributed by atoms with E-state index < -0.39 is 12.4 Å². The van der Waals surface area contributed by atoms with E-state index in [0.717, 1.165) is 11.1 Å². The third kappa shape index (κ3) is 1.91. The second kappa shape index (κ2) is 4.08. The van der Waals surface area contributed by atoms with Gasteiger partial charge in [0.1, 0.15) is 0 Å². The molecule has 4 nitrogen and oxygen atoms in total. The Kier molecular flexibility index (Phi) is 2.79. The van der Waals surface area contributed by atoms with Crippen molar-refractivity contribution >= 4 is 17.7 Å². The van der Waals surface area contributed by atoms with Gasteiger partial charge in [-0.25, -0.2) is 4.79 Å². The van der Waals surface area contributed by atoms with E-state index >= 15 is 0 Å². The van der Waals surface area contributed by atoms with Crippen molar-refractivity contribution in [1.29, 1.82) is 0 Å². The lowest BCUT2D eigenvalue weighted by atomic mass is 10.1. The molecular formula is C10H10ClNO3. The first-order valence-corrected chi connectivity index (χ1v) is 4.87. The smallest absolute Gasteiger partial charge is 0.409 e. The molecular weight excluding hydrogens is 218 g/mol. The largest absolute Gasteiger partial charge is 0.415 e. The zero-order chi connectivity index (χ0) is 10.8. The number of nitrogens with one attached hydrogen (secondary N) is 1. The maximum Gasteiger partial charge on any atom is 0.409 e. The van der Waals surface area contributed by atoms with E-state index in [1.807, 2.05) is 6.07 Å². The van der Waals surface area contributed by atoms with Gasteiger partial charge >= 0.3 is 6.09 Å². The second-order valence-corrected chi connectivity index (χ2v) is 3.51. The maximum atomic E-state index is 11.0. The molecule has 1 aromatic rings. The maximum absolute atomic E-state index is 11.0. The zero-order valence-corrected chi connectivity index (χ0v) is 8.88. The van der Waals surface area contributed by atoms with Gasteiger partial charge in [-0.15, -0.1) is 0 Å². The Hall–Kier alpha value is -1.26. The minimum atomic E-state index is -0.654. The number of carbonyl (C=O) groups is 1. The van der Waals surface area contributed by atoms with Gasteiger partial charge in [0, 0.05) is 23.2 Å². The molecule has 0 aliphatic carbocycles. The van der Waals surface area contributed by atoms with E-state index in [4.69, 9.17) is 21.1 Å². The van der Waals surface area contributed by atoms with Crippen LogP contribution in [0.1, 0.15) is 17.4 Å². The summed E-state index contributed by atoms with van der Waals surface area (Å²) in [6.07, 6.45) is -1.17. The number of rotatable bonds is 1. The molecule has 5 heteroatoms. The van der Waals surface area contributed by atoms with Gasteiger partial charge < -0.3 is 14.8 Å². The van der Waals surface area contributed by atoms with Crippen molar-refractivity contribution in [2.45, 2.75) is 12.9 Å². The van der Waals surface area contributed by atoms with Crippen LogP contribution in [0.2, 0.25) is 5.02 Å². The highest BCUT2D eigenvalue weighted by Crippen LogP contribution is 2.35. The summed E-state index contributed by atoms with van der Waals surface area (Å²) < 4.78 is 10.3. The second-order valence-electron chi connectivity index (χ2n) is 3.11. The highest BCUT2D eigenvalue weighted by molar-refractivity contribution is 6.31. The molecule has 2 rings (SSSR count). The lowest BCUT2D eigenvalue weighted by Gasteiger charge is -2.11. The van der Waals surface area contributed by atoms with Crippen molar-refractivity contribution in [2.24, 2.45) is 0 Å². The fourth-order valence-corrected chi connectivity index (χ4v) is 1.69. The molecule has 1 amide bonds. The van der Waals surface area contributed by atoms with Gasteiger partial charge in [-0.3, -0.25) is 0 Å². The molecule has 1 unspecified atom stereocenters. The SMILES string of the molecule is CNC(=O)OC1OCc2c(Cl)cccc21. The molecule has 0 saturated carbocycles. The van der Waals surface area contributed by atoms with Crippen LogP contribution in [-0.4, -0.2) is 13.1 Å². The summed E-state index contributed by atoms with van der Waals surface area (Å²) in [5.41, 5.74) is 1.69. The number of benzene rings is 1. The highest BCUT2D eigenvalue weighted by Gasteiger charge is 2.27. The van der Waals surface area contributed by atoms with Crippen LogP contribution in [-0.2, 0) is 16.1 Å². The molecule has 0 radical (unpaired) electrons. The Morgan fingerprint density at radius 3 is 3.20 bits per heavy atom. The number of fused-ring (bicyclic) bond motifs is 1. The van der Waals surface area contributed by atoms with Crippen LogP contribution in [0.3, 0.4) is 0 Å². The summed E-state index contributed by atoms with van der Waals surface area (Å²) in [4.78, 5) is 11.0. The van der Waals surface area contributed by atoms with Crippen molar-refractivity contribution < 1.29 is 14.3 Å². The molecule has 0 fully saturated rings. The third-order valence-electron chi connectivity index (χ3n) is 2.21. The first-order chi connectivity index (χ1) is 7.22. The fraction of sp³-hybridized carbons (Fsp3) is 0.300. The average molecular weight is 228 g/mol. The van der Waals surface area contributed by atoms with Crippen LogP contribution in [0.15, 0.2) is 18.2 Å². The molecule has 0 saturated heterocycles. The molecule has 15 heavy (non-hydrogen) atoms. The Labute approximate surface area is 92.1 Å². The van der Waals surface area contributed by atoms with E-state index in [0.29, 0.717) is 11.6 Å². The fourth-order valence-electron chi connectivity index (χ4n) is 1.45. The molecule has 1 aromatic carbocycles. The van der Waals surface area contributed by atoms with Crippen LogP contribution >= 0.6 is 11.6 Å². The minimum absolute atomic E-state index is 0.372. The molecule has 1 heterocycles. The summed E-state index contributed by atoms with van der Waals surface area (Å²) in [6, 6.07) is 5.42. The molecule has 1 atom stereocenters. The highest BCUT2D eigenvalue weighted by atomic mass is 35.5.